The minimum absolute atomic E-state index is 0. The summed E-state index contributed by atoms with van der Waals surface area (Å²) >= 11 is 0. The Labute approximate surface area is 74.2 Å². The molecule has 0 unspecified atom stereocenters. The molecule has 0 aromatic carbocycles. The van der Waals surface area contributed by atoms with Gasteiger partial charge in [-0.3, -0.25) is 4.55 Å². The second-order valence-electron chi connectivity index (χ2n) is 0.921. The average Bonchev–Trinajstić information content (AvgIpc) is 1.25. The molecule has 0 fully saturated rings. The zero-order chi connectivity index (χ0) is 7.00. The largest absolute Gasteiger partial charge is 0.522 e. The first kappa shape index (κ1) is 12.5. The Kier molecular flexibility index (Phi) is 4.53. The smallest absolute Gasteiger partial charge is 0.279 e. The van der Waals surface area contributed by atoms with Crippen LogP contribution in [-0.4, -0.2) is 18.5 Å². The van der Waals surface area contributed by atoms with Gasteiger partial charge in [-0.2, -0.15) is 21.6 Å². The molecule has 0 aromatic rings. The number of halogens is 3. The van der Waals surface area contributed by atoms with Gasteiger partial charge < -0.3 is 0 Å². The normalized spacial score (nSPS) is 12.4. The van der Waals surface area contributed by atoms with Crippen LogP contribution in [0.1, 0.15) is 0 Å². The van der Waals surface area contributed by atoms with Gasteiger partial charge >= 0.3 is 15.6 Å². The van der Waals surface area contributed by atoms with E-state index in [1.54, 1.807) is 0 Å². The van der Waals surface area contributed by atoms with E-state index in [9.17, 15) is 13.2 Å². The molecular weight excluding hydrogens is 238 g/mol. The van der Waals surface area contributed by atoms with Crippen LogP contribution in [0.15, 0.2) is 0 Å². The molecule has 0 amide bonds. The molecule has 0 heterocycles. The summed E-state index contributed by atoms with van der Waals surface area (Å²) in [6.07, 6.45) is 0. The summed E-state index contributed by atoms with van der Waals surface area (Å²) < 4.78 is 57.5. The molecule has 0 rings (SSSR count). The fourth-order valence-electron chi connectivity index (χ4n) is 0. The van der Waals surface area contributed by atoms with Gasteiger partial charge in [0.2, 0.25) is 0 Å². The molecule has 0 bridgehead atoms. The number of rotatable bonds is 0. The Morgan fingerprint density at radius 3 is 1.33 bits per heavy atom. The molecule has 3 nitrogen and oxygen atoms in total. The van der Waals surface area contributed by atoms with Crippen molar-refractivity contribution in [3.63, 3.8) is 0 Å². The van der Waals surface area contributed by atoms with E-state index in [1.807, 2.05) is 0 Å². The standard InChI is InChI=1S/CHF3O3S.Y/c2-1(3,4)8(5,6)7;/h(H,5,6,7);. The minimum atomic E-state index is -5.84. The van der Waals surface area contributed by atoms with Crippen LogP contribution >= 0.6 is 0 Å². The van der Waals surface area contributed by atoms with E-state index in [-0.39, 0.29) is 32.7 Å². The van der Waals surface area contributed by atoms with Crippen LogP contribution in [0.2, 0.25) is 0 Å². The second kappa shape index (κ2) is 3.27. The Hall–Kier alpha value is 0.804. The summed E-state index contributed by atoms with van der Waals surface area (Å²) in [7, 11) is -5.84. The topological polar surface area (TPSA) is 54.4 Å². The van der Waals surface area contributed by atoms with Crippen molar-refractivity contribution in [3.05, 3.63) is 0 Å². The quantitative estimate of drug-likeness (QED) is 0.491. The molecule has 0 aliphatic rings. The third-order valence-electron chi connectivity index (χ3n) is 0.292. The molecule has 0 aliphatic carbocycles. The fraction of sp³-hybridized carbons (Fsp3) is 1.00. The predicted octanol–water partition coefficient (Wildman–Crippen LogP) is 0.392. The van der Waals surface area contributed by atoms with Gasteiger partial charge in [0.25, 0.3) is 0 Å². The number of alkyl halides is 3. The van der Waals surface area contributed by atoms with E-state index in [2.05, 4.69) is 0 Å². The zero-order valence-electron chi connectivity index (χ0n) is 3.88. The van der Waals surface area contributed by atoms with Gasteiger partial charge in [-0.1, -0.05) is 0 Å². The summed E-state index contributed by atoms with van der Waals surface area (Å²) in [6.45, 7) is 0. The van der Waals surface area contributed by atoms with E-state index in [1.165, 1.54) is 0 Å². The van der Waals surface area contributed by atoms with Gasteiger partial charge in [0.15, 0.2) is 0 Å². The molecule has 0 aromatic heterocycles. The van der Waals surface area contributed by atoms with Crippen molar-refractivity contribution in [2.75, 3.05) is 0 Å². The summed E-state index contributed by atoms with van der Waals surface area (Å²) in [5, 5.41) is 0. The van der Waals surface area contributed by atoms with E-state index < -0.39 is 15.6 Å². The number of hydrogen-bond donors (Lipinski definition) is 1. The molecule has 0 spiro atoms. The minimum Gasteiger partial charge on any atom is -0.279 e. The number of hydrogen-bond acceptors (Lipinski definition) is 2. The van der Waals surface area contributed by atoms with Crippen LogP contribution < -0.4 is 0 Å². The van der Waals surface area contributed by atoms with E-state index >= 15 is 0 Å². The van der Waals surface area contributed by atoms with Gasteiger partial charge in [0.05, 0.1) is 0 Å². The first-order valence-corrected chi connectivity index (χ1v) is 2.73. The third-order valence-corrected chi connectivity index (χ3v) is 0.877. The van der Waals surface area contributed by atoms with Crippen LogP contribution in [0.3, 0.4) is 0 Å². The van der Waals surface area contributed by atoms with Crippen molar-refractivity contribution >= 4 is 10.1 Å². The van der Waals surface area contributed by atoms with Gasteiger partial charge in [0.1, 0.15) is 0 Å². The van der Waals surface area contributed by atoms with Gasteiger partial charge in [-0.25, -0.2) is 0 Å². The second-order valence-corrected chi connectivity index (χ2v) is 2.33. The monoisotopic (exact) mass is 239 g/mol. The van der Waals surface area contributed by atoms with E-state index in [4.69, 9.17) is 13.0 Å². The van der Waals surface area contributed by atoms with Crippen molar-refractivity contribution in [2.45, 2.75) is 5.51 Å². The molecule has 1 radical (unpaired) electrons. The maximum absolute atomic E-state index is 10.7. The van der Waals surface area contributed by atoms with Crippen LogP contribution in [0.25, 0.3) is 0 Å². The molecule has 0 aliphatic heterocycles. The molecule has 1 N–H and O–H groups in total. The molecule has 53 valence electrons. The van der Waals surface area contributed by atoms with Crippen molar-refractivity contribution in [1.29, 1.82) is 0 Å². The van der Waals surface area contributed by atoms with Crippen molar-refractivity contribution in [3.8, 4) is 0 Å². The van der Waals surface area contributed by atoms with Crippen LogP contribution in [0.5, 0.6) is 0 Å². The SMILES string of the molecule is O=S(=O)(O)C(F)(F)F.[Y]. The van der Waals surface area contributed by atoms with Crippen molar-refractivity contribution in [2.24, 2.45) is 0 Å². The Morgan fingerprint density at radius 1 is 1.22 bits per heavy atom. The zero-order valence-corrected chi connectivity index (χ0v) is 7.54. The maximum Gasteiger partial charge on any atom is 0.522 e. The summed E-state index contributed by atoms with van der Waals surface area (Å²) in [4.78, 5) is 0. The third kappa shape index (κ3) is 4.24. The van der Waals surface area contributed by atoms with Crippen LogP contribution in [0.4, 0.5) is 13.2 Å². The predicted molar refractivity (Wildman–Crippen MR) is 17.6 cm³/mol. The first-order chi connectivity index (χ1) is 3.25. The van der Waals surface area contributed by atoms with Crippen LogP contribution in [0, 0.1) is 0 Å². The molecule has 8 heteroatoms. The van der Waals surface area contributed by atoms with Gasteiger partial charge in [0, 0.05) is 32.7 Å². The summed E-state index contributed by atoms with van der Waals surface area (Å²) in [5.41, 5.74) is -5.53. The fourth-order valence-corrected chi connectivity index (χ4v) is 0. The Balaban J connectivity index is 0. The molecule has 0 saturated heterocycles. The first-order valence-electron chi connectivity index (χ1n) is 1.29. The van der Waals surface area contributed by atoms with Crippen molar-refractivity contribution in [1.82, 2.24) is 0 Å². The van der Waals surface area contributed by atoms with Crippen molar-refractivity contribution < 1.29 is 58.9 Å². The van der Waals surface area contributed by atoms with E-state index in [0.717, 1.165) is 0 Å². The summed E-state index contributed by atoms with van der Waals surface area (Å²) in [6, 6.07) is 0. The molecule has 0 atom stereocenters. The molecular formula is CHF3O3SY. The average molecular weight is 239 g/mol. The maximum atomic E-state index is 10.7. The van der Waals surface area contributed by atoms with E-state index in [0.29, 0.717) is 0 Å². The van der Waals surface area contributed by atoms with Crippen LogP contribution in [-0.2, 0) is 42.8 Å². The van der Waals surface area contributed by atoms with Gasteiger partial charge in [-0.15, -0.1) is 0 Å². The molecule has 0 saturated carbocycles. The summed E-state index contributed by atoms with van der Waals surface area (Å²) in [5.74, 6) is 0. The Morgan fingerprint density at radius 2 is 1.33 bits per heavy atom. The van der Waals surface area contributed by atoms with Gasteiger partial charge in [-0.05, 0) is 0 Å². The molecule has 9 heavy (non-hydrogen) atoms. The Bertz CT molecular complexity index is 168.